The highest BCUT2D eigenvalue weighted by atomic mass is 35.5. The molecule has 0 aliphatic carbocycles. The van der Waals surface area contributed by atoms with Crippen molar-refractivity contribution in [2.24, 2.45) is 5.92 Å². The summed E-state index contributed by atoms with van der Waals surface area (Å²) in [5, 5.41) is 1.05. The molecule has 2 aliphatic heterocycles. The number of hydrogen-bond donors (Lipinski definition) is 0. The van der Waals surface area contributed by atoms with Gasteiger partial charge >= 0.3 is 5.97 Å². The van der Waals surface area contributed by atoms with Gasteiger partial charge < -0.3 is 23.2 Å². The van der Waals surface area contributed by atoms with Gasteiger partial charge in [0.05, 0.1) is 47.9 Å². The number of carbonyl (C=O) groups excluding carboxylic acids is 1. The van der Waals surface area contributed by atoms with Crippen LogP contribution in [-0.2, 0) is 35.6 Å². The van der Waals surface area contributed by atoms with Crippen molar-refractivity contribution in [3.8, 4) is 5.75 Å². The molecule has 2 fully saturated rings. The highest BCUT2D eigenvalue weighted by Gasteiger charge is 2.26. The average molecular weight is 629 g/mol. The number of benzene rings is 2. The average Bonchev–Trinajstić information content (AvgIpc) is 3.59. The Bertz CT molecular complexity index is 1520. The molecular formula is C33H39Cl2N3O5. The van der Waals surface area contributed by atoms with E-state index in [1.165, 1.54) is 7.11 Å². The topological polar surface area (TPSA) is 79.0 Å². The first-order chi connectivity index (χ1) is 20.9. The summed E-state index contributed by atoms with van der Waals surface area (Å²) >= 11 is 12.2. The zero-order valence-electron chi connectivity index (χ0n) is 25.0. The number of nitrogens with zero attached hydrogens (tertiary/aromatic N) is 3. The molecular weight excluding hydrogens is 589 g/mol. The molecule has 0 spiro atoms. The Hall–Kier alpha value is -3.04. The van der Waals surface area contributed by atoms with Crippen molar-refractivity contribution in [2.75, 3.05) is 26.8 Å². The Morgan fingerprint density at radius 3 is 2.49 bits per heavy atom. The fraction of sp³-hybridized carbons (Fsp3) is 0.455. The van der Waals surface area contributed by atoms with Crippen LogP contribution in [0.25, 0.3) is 11.0 Å². The number of furan rings is 1. The van der Waals surface area contributed by atoms with Crippen LogP contribution in [0.4, 0.5) is 0 Å². The van der Waals surface area contributed by atoms with Crippen LogP contribution in [-0.4, -0.2) is 53.3 Å². The Morgan fingerprint density at radius 2 is 1.79 bits per heavy atom. The van der Waals surface area contributed by atoms with Crippen molar-refractivity contribution in [1.29, 1.82) is 0 Å². The number of likely N-dealkylation sites (tertiary alicyclic amines) is 1. The number of fused-ring (bicyclic) bond motifs is 1. The number of halogens is 2. The summed E-state index contributed by atoms with van der Waals surface area (Å²) in [6, 6.07) is 14.8. The highest BCUT2D eigenvalue weighted by molar-refractivity contribution is 6.35. The van der Waals surface area contributed by atoms with Gasteiger partial charge in [-0.1, -0.05) is 37.0 Å². The molecule has 4 heterocycles. The molecule has 0 saturated carbocycles. The minimum absolute atomic E-state index is 0.186. The second-order valence-electron chi connectivity index (χ2n) is 10.8. The van der Waals surface area contributed by atoms with E-state index in [1.807, 2.05) is 38.1 Å². The van der Waals surface area contributed by atoms with E-state index in [-0.39, 0.29) is 12.1 Å². The monoisotopic (exact) mass is 627 g/mol. The molecule has 2 aliphatic rings. The van der Waals surface area contributed by atoms with E-state index in [2.05, 4.69) is 9.47 Å². The van der Waals surface area contributed by atoms with Gasteiger partial charge in [-0.05, 0) is 86.8 Å². The van der Waals surface area contributed by atoms with Crippen LogP contribution in [0.3, 0.4) is 0 Å². The molecule has 43 heavy (non-hydrogen) atoms. The molecule has 1 atom stereocenters. The molecule has 2 aromatic heterocycles. The first kappa shape index (κ1) is 31.4. The van der Waals surface area contributed by atoms with Crippen LogP contribution in [0.1, 0.15) is 60.8 Å². The maximum absolute atomic E-state index is 12.2. The molecule has 0 bridgehead atoms. The minimum Gasteiger partial charge on any atom is -0.484 e. The van der Waals surface area contributed by atoms with Crippen LogP contribution in [0, 0.1) is 5.92 Å². The van der Waals surface area contributed by atoms with Crippen molar-refractivity contribution in [1.82, 2.24) is 14.5 Å². The predicted molar refractivity (Wildman–Crippen MR) is 168 cm³/mol. The number of imidazole rings is 1. The Morgan fingerprint density at radius 1 is 1.02 bits per heavy atom. The van der Waals surface area contributed by atoms with Crippen LogP contribution in [0.5, 0.6) is 5.75 Å². The molecule has 4 aromatic rings. The second kappa shape index (κ2) is 14.6. The van der Waals surface area contributed by atoms with E-state index in [0.29, 0.717) is 33.9 Å². The maximum Gasteiger partial charge on any atom is 0.337 e. The van der Waals surface area contributed by atoms with E-state index in [9.17, 15) is 4.79 Å². The quantitative estimate of drug-likeness (QED) is 0.168. The largest absolute Gasteiger partial charge is 0.484 e. The second-order valence-corrected chi connectivity index (χ2v) is 11.6. The van der Waals surface area contributed by atoms with Crippen LogP contribution >= 0.6 is 23.2 Å². The predicted octanol–water partition coefficient (Wildman–Crippen LogP) is 7.57. The molecule has 0 radical (unpaired) electrons. The fourth-order valence-electron chi connectivity index (χ4n) is 5.56. The number of rotatable bonds is 10. The zero-order valence-corrected chi connectivity index (χ0v) is 26.5. The molecule has 8 nitrogen and oxygen atoms in total. The normalized spacial score (nSPS) is 17.3. The lowest BCUT2D eigenvalue weighted by molar-refractivity contribution is -0.0592. The molecule has 2 aromatic carbocycles. The SMILES string of the molecule is CC.COC(=O)c1ccc2nc(CN3CCC(Cc4ccc(COc5ccc(Cl)cc5Cl)o4)CC3)n(CC3CCO3)c2c1. The number of aromatic nitrogens is 2. The van der Waals surface area contributed by atoms with Crippen molar-refractivity contribution >= 4 is 40.2 Å². The van der Waals surface area contributed by atoms with Gasteiger partial charge in [-0.3, -0.25) is 4.90 Å². The number of hydrogen-bond acceptors (Lipinski definition) is 7. The van der Waals surface area contributed by atoms with E-state index in [1.54, 1.807) is 24.3 Å². The molecule has 1 unspecified atom stereocenters. The van der Waals surface area contributed by atoms with Gasteiger partial charge in [0.2, 0.25) is 0 Å². The lowest BCUT2D eigenvalue weighted by Crippen LogP contribution is -2.36. The van der Waals surface area contributed by atoms with Gasteiger partial charge in [0.25, 0.3) is 0 Å². The molecule has 0 amide bonds. The molecule has 2 saturated heterocycles. The lowest BCUT2D eigenvalue weighted by atomic mass is 9.92. The van der Waals surface area contributed by atoms with E-state index >= 15 is 0 Å². The van der Waals surface area contributed by atoms with Crippen molar-refractivity contribution in [3.05, 3.63) is 81.5 Å². The number of ether oxygens (including phenoxy) is 3. The van der Waals surface area contributed by atoms with Crippen molar-refractivity contribution in [2.45, 2.75) is 65.3 Å². The molecule has 10 heteroatoms. The molecule has 6 rings (SSSR count). The fourth-order valence-corrected chi connectivity index (χ4v) is 6.02. The maximum atomic E-state index is 12.2. The number of methoxy groups -OCH3 is 1. The standard InChI is InChI=1S/C31H33Cl2N3O5.C2H6/c1-38-31(37)21-2-6-27-28(15-21)36(17-24-10-13-39-24)30(34-27)18-35-11-8-20(9-12-35)14-23-4-5-25(41-23)19-40-29-7-3-22(32)16-26(29)33;1-2/h2-7,15-16,20,24H,8-14,17-19H2,1H3;1-2H3. The summed E-state index contributed by atoms with van der Waals surface area (Å²) < 4.78 is 24.8. The number of esters is 1. The summed E-state index contributed by atoms with van der Waals surface area (Å²) in [5.41, 5.74) is 2.37. The Kier molecular flexibility index (Phi) is 10.7. The summed E-state index contributed by atoms with van der Waals surface area (Å²) in [5.74, 6) is 3.56. The molecule has 0 N–H and O–H groups in total. The highest BCUT2D eigenvalue weighted by Crippen LogP contribution is 2.30. The smallest absolute Gasteiger partial charge is 0.337 e. The third-order valence-corrected chi connectivity index (χ3v) is 8.50. The summed E-state index contributed by atoms with van der Waals surface area (Å²) in [6.45, 7) is 8.60. The first-order valence-corrected chi connectivity index (χ1v) is 15.8. The van der Waals surface area contributed by atoms with Crippen LogP contribution < -0.4 is 4.74 Å². The van der Waals surface area contributed by atoms with Gasteiger partial charge in [0, 0.05) is 18.1 Å². The number of carbonyl (C=O) groups is 1. The summed E-state index contributed by atoms with van der Waals surface area (Å²) in [7, 11) is 1.40. The minimum atomic E-state index is -0.342. The third kappa shape index (κ3) is 7.73. The molecule has 230 valence electrons. The van der Waals surface area contributed by atoms with Gasteiger partial charge in [-0.2, -0.15) is 0 Å². The Labute approximate surface area is 262 Å². The van der Waals surface area contributed by atoms with Crippen molar-refractivity contribution < 1.29 is 23.4 Å². The van der Waals surface area contributed by atoms with E-state index in [4.69, 9.17) is 46.8 Å². The van der Waals surface area contributed by atoms with Crippen LogP contribution in [0.15, 0.2) is 52.9 Å². The lowest BCUT2D eigenvalue weighted by Gasteiger charge is -2.32. The van der Waals surface area contributed by atoms with Gasteiger partial charge in [0.1, 0.15) is 29.7 Å². The van der Waals surface area contributed by atoms with Gasteiger partial charge in [0.15, 0.2) is 0 Å². The van der Waals surface area contributed by atoms with E-state index in [0.717, 1.165) is 86.8 Å². The first-order valence-electron chi connectivity index (χ1n) is 15.0. The van der Waals surface area contributed by atoms with Crippen LogP contribution in [0.2, 0.25) is 10.0 Å². The van der Waals surface area contributed by atoms with Gasteiger partial charge in [-0.25, -0.2) is 9.78 Å². The summed E-state index contributed by atoms with van der Waals surface area (Å²) in [6.07, 6.45) is 4.31. The Balaban J connectivity index is 0.00000180. The van der Waals surface area contributed by atoms with Gasteiger partial charge in [-0.15, -0.1) is 0 Å². The zero-order chi connectivity index (χ0) is 30.3. The van der Waals surface area contributed by atoms with Crippen molar-refractivity contribution in [3.63, 3.8) is 0 Å². The third-order valence-electron chi connectivity index (χ3n) is 7.97. The van der Waals surface area contributed by atoms with E-state index < -0.39 is 0 Å². The summed E-state index contributed by atoms with van der Waals surface area (Å²) in [4.78, 5) is 19.6. The number of piperidine rings is 1.